The molecule has 0 spiro atoms. The summed E-state index contributed by atoms with van der Waals surface area (Å²) in [5.41, 5.74) is -1.31. The Morgan fingerprint density at radius 3 is 2.61 bits per heavy atom. The van der Waals surface area contributed by atoms with Crippen LogP contribution in [0.1, 0.15) is 11.9 Å². The van der Waals surface area contributed by atoms with E-state index in [0.717, 1.165) is 4.68 Å². The zero-order valence-corrected chi connectivity index (χ0v) is 11.5. The highest BCUT2D eigenvalue weighted by Gasteiger charge is 2.44. The predicted octanol–water partition coefficient (Wildman–Crippen LogP) is -3.58. The Labute approximate surface area is 127 Å². The number of rotatable bonds is 3. The molecule has 1 aliphatic heterocycles. The second kappa shape index (κ2) is 5.65. The second-order valence-electron chi connectivity index (χ2n) is 4.87. The van der Waals surface area contributed by atoms with Gasteiger partial charge in [0.1, 0.15) is 31.1 Å². The zero-order valence-electron chi connectivity index (χ0n) is 11.5. The maximum Gasteiger partial charge on any atom is 0.298 e. The molecule has 0 aliphatic carbocycles. The van der Waals surface area contributed by atoms with Gasteiger partial charge in [0.2, 0.25) is 0 Å². The summed E-state index contributed by atoms with van der Waals surface area (Å²) in [6.07, 6.45) is -5.39. The minimum absolute atomic E-state index is 0.102. The molecular weight excluding hydrogens is 312 g/mol. The first kappa shape index (κ1) is 15.5. The average molecular weight is 324 g/mol. The van der Waals surface area contributed by atoms with Gasteiger partial charge in [-0.2, -0.15) is 15.0 Å². The second-order valence-corrected chi connectivity index (χ2v) is 4.87. The Bertz CT molecular complexity index is 840. The fourth-order valence-corrected chi connectivity index (χ4v) is 2.43. The average Bonchev–Trinajstić information content (AvgIpc) is 3.07. The topological polar surface area (TPSA) is 180 Å². The quantitative estimate of drug-likeness (QED) is 0.441. The number of aliphatic hydroxyl groups excluding tert-OH is 4. The minimum Gasteiger partial charge on any atom is -0.394 e. The normalized spacial score (nSPS) is 27.4. The van der Waals surface area contributed by atoms with Crippen LogP contribution in [-0.4, -0.2) is 70.1 Å². The molecule has 0 radical (unpaired) electrons. The summed E-state index contributed by atoms with van der Waals surface area (Å²) in [4.78, 5) is 12.5. The molecule has 2 aromatic rings. The van der Waals surface area contributed by atoms with Gasteiger partial charge in [-0.3, -0.25) is 4.79 Å². The van der Waals surface area contributed by atoms with Crippen molar-refractivity contribution in [2.24, 2.45) is 0 Å². The summed E-state index contributed by atoms with van der Waals surface area (Å²) in [7, 11) is 0. The van der Waals surface area contributed by atoms with Crippen molar-refractivity contribution in [3.05, 3.63) is 16.0 Å². The maximum atomic E-state index is 12.5. The maximum absolute atomic E-state index is 12.5. The molecule has 4 unspecified atom stereocenters. The molecule has 3 heterocycles. The lowest BCUT2D eigenvalue weighted by atomic mass is 10.1. The molecule has 0 amide bonds. The van der Waals surface area contributed by atoms with Crippen molar-refractivity contribution in [1.29, 1.82) is 5.26 Å². The Morgan fingerprint density at radius 1 is 1.30 bits per heavy atom. The van der Waals surface area contributed by atoms with E-state index in [-0.39, 0.29) is 16.7 Å². The van der Waals surface area contributed by atoms with E-state index in [1.165, 1.54) is 0 Å². The van der Waals surface area contributed by atoms with Gasteiger partial charge in [0.05, 0.1) is 6.61 Å². The molecule has 122 valence electrons. The van der Waals surface area contributed by atoms with Crippen LogP contribution in [0.2, 0.25) is 0 Å². The van der Waals surface area contributed by atoms with E-state index in [0.29, 0.717) is 4.68 Å². The monoisotopic (exact) mass is 324 g/mol. The molecule has 4 N–H and O–H groups in total. The first-order chi connectivity index (χ1) is 11.0. The molecule has 2 aromatic heterocycles. The van der Waals surface area contributed by atoms with Crippen LogP contribution >= 0.6 is 0 Å². The Hall–Kier alpha value is -2.43. The van der Waals surface area contributed by atoms with Gasteiger partial charge in [-0.15, -0.1) is 5.10 Å². The van der Waals surface area contributed by atoms with Crippen LogP contribution in [0, 0.1) is 11.3 Å². The Morgan fingerprint density at radius 2 is 2.04 bits per heavy atom. The van der Waals surface area contributed by atoms with Crippen LogP contribution in [0.4, 0.5) is 0 Å². The van der Waals surface area contributed by atoms with Crippen LogP contribution in [0.25, 0.3) is 11.0 Å². The molecule has 3 rings (SSSR count). The Kier molecular flexibility index (Phi) is 3.80. The summed E-state index contributed by atoms with van der Waals surface area (Å²) in [6, 6.07) is 1.73. The molecule has 12 nitrogen and oxygen atoms in total. The third-order valence-corrected chi connectivity index (χ3v) is 3.58. The van der Waals surface area contributed by atoms with E-state index in [1.54, 1.807) is 6.07 Å². The summed E-state index contributed by atoms with van der Waals surface area (Å²) in [6.45, 7) is -1.23. The molecule has 23 heavy (non-hydrogen) atoms. The number of ether oxygens (including phenoxy) is 1. The van der Waals surface area contributed by atoms with Gasteiger partial charge in [0.15, 0.2) is 23.0 Å². The van der Waals surface area contributed by atoms with Gasteiger partial charge < -0.3 is 25.2 Å². The highest BCUT2D eigenvalue weighted by atomic mass is 16.6. The van der Waals surface area contributed by atoms with Gasteiger partial charge in [0.25, 0.3) is 5.56 Å². The van der Waals surface area contributed by atoms with Gasteiger partial charge in [0, 0.05) is 0 Å². The van der Waals surface area contributed by atoms with E-state index in [2.05, 4.69) is 15.4 Å². The van der Waals surface area contributed by atoms with Crippen LogP contribution in [0.5, 0.6) is 0 Å². The van der Waals surface area contributed by atoms with Crippen LogP contribution in [0.15, 0.2) is 4.79 Å². The SMILES string of the molecule is N#Cc1nn(CO)c2c(=O)n(C3OC(CO)C(O)C3O)nnc12. The number of nitriles is 1. The van der Waals surface area contributed by atoms with Crippen molar-refractivity contribution < 1.29 is 25.2 Å². The van der Waals surface area contributed by atoms with Crippen molar-refractivity contribution in [2.75, 3.05) is 6.61 Å². The highest BCUT2D eigenvalue weighted by Crippen LogP contribution is 2.27. The molecule has 0 bridgehead atoms. The van der Waals surface area contributed by atoms with E-state index >= 15 is 0 Å². The van der Waals surface area contributed by atoms with Gasteiger partial charge in [-0.25, -0.2) is 4.68 Å². The zero-order chi connectivity index (χ0) is 16.7. The largest absolute Gasteiger partial charge is 0.394 e. The van der Waals surface area contributed by atoms with E-state index in [4.69, 9.17) is 15.1 Å². The molecule has 1 aliphatic rings. The smallest absolute Gasteiger partial charge is 0.298 e. The van der Waals surface area contributed by atoms with Gasteiger partial charge in [-0.05, 0) is 0 Å². The van der Waals surface area contributed by atoms with E-state index < -0.39 is 43.4 Å². The third-order valence-electron chi connectivity index (χ3n) is 3.58. The van der Waals surface area contributed by atoms with Gasteiger partial charge >= 0.3 is 0 Å². The number of aromatic nitrogens is 5. The first-order valence-electron chi connectivity index (χ1n) is 6.53. The fourth-order valence-electron chi connectivity index (χ4n) is 2.43. The lowest BCUT2D eigenvalue weighted by Crippen LogP contribution is -2.37. The number of nitrogens with zero attached hydrogens (tertiary/aromatic N) is 6. The third kappa shape index (κ3) is 2.19. The standard InChI is InChI=1S/C11H12N6O6/c12-1-4-6-7(16(3-19)14-4)10(22)17(15-13-6)11-9(21)8(20)5(2-18)23-11/h5,8-9,11,18-21H,2-3H2. The van der Waals surface area contributed by atoms with Crippen molar-refractivity contribution in [1.82, 2.24) is 24.8 Å². The van der Waals surface area contributed by atoms with Gasteiger partial charge in [-0.1, -0.05) is 5.21 Å². The number of hydrogen-bond acceptors (Lipinski definition) is 10. The van der Waals surface area contributed by atoms with Crippen LogP contribution < -0.4 is 5.56 Å². The highest BCUT2D eigenvalue weighted by molar-refractivity contribution is 5.78. The Balaban J connectivity index is 2.16. The summed E-state index contributed by atoms with van der Waals surface area (Å²) in [5, 5.41) is 58.0. The predicted molar refractivity (Wildman–Crippen MR) is 69.5 cm³/mol. The number of fused-ring (bicyclic) bond motifs is 1. The summed E-state index contributed by atoms with van der Waals surface area (Å²) >= 11 is 0. The minimum atomic E-state index is -1.52. The van der Waals surface area contributed by atoms with Crippen molar-refractivity contribution in [2.45, 2.75) is 31.3 Å². The molecule has 12 heteroatoms. The molecule has 4 atom stereocenters. The van der Waals surface area contributed by atoms with E-state index in [1.807, 2.05) is 0 Å². The first-order valence-corrected chi connectivity index (χ1v) is 6.53. The summed E-state index contributed by atoms with van der Waals surface area (Å²) in [5.74, 6) is 0. The fraction of sp³-hybridized carbons (Fsp3) is 0.545. The lowest BCUT2D eigenvalue weighted by molar-refractivity contribution is -0.0619. The van der Waals surface area contributed by atoms with Crippen LogP contribution in [-0.2, 0) is 11.5 Å². The van der Waals surface area contributed by atoms with Crippen molar-refractivity contribution >= 4 is 11.0 Å². The van der Waals surface area contributed by atoms with Crippen molar-refractivity contribution in [3.8, 4) is 6.07 Å². The molecule has 1 fully saturated rings. The molecule has 0 aromatic carbocycles. The number of aliphatic hydroxyl groups is 4. The van der Waals surface area contributed by atoms with Crippen molar-refractivity contribution in [3.63, 3.8) is 0 Å². The molecule has 1 saturated heterocycles. The lowest BCUT2D eigenvalue weighted by Gasteiger charge is -2.15. The van der Waals surface area contributed by atoms with E-state index in [9.17, 15) is 20.1 Å². The summed E-state index contributed by atoms with van der Waals surface area (Å²) < 4.78 is 6.74. The molecule has 0 saturated carbocycles. The molecular formula is C11H12N6O6. The van der Waals surface area contributed by atoms with Crippen LogP contribution in [0.3, 0.4) is 0 Å². The number of hydrogen-bond donors (Lipinski definition) is 4.